The molecule has 0 aromatic carbocycles. The number of hydrogen-bond donors (Lipinski definition) is 1. The van der Waals surface area contributed by atoms with Crippen molar-refractivity contribution in [3.8, 4) is 0 Å². The molecule has 106 valence electrons. The second-order valence-electron chi connectivity index (χ2n) is 5.63. The van der Waals surface area contributed by atoms with E-state index in [1.54, 1.807) is 0 Å². The van der Waals surface area contributed by atoms with E-state index in [1.165, 1.54) is 0 Å². The van der Waals surface area contributed by atoms with Gasteiger partial charge in [0.25, 0.3) is 0 Å². The lowest BCUT2D eigenvalue weighted by Gasteiger charge is -2.28. The molecule has 6 heteroatoms. The minimum Gasteiger partial charge on any atom is -0.368 e. The van der Waals surface area contributed by atoms with Gasteiger partial charge in [0.1, 0.15) is 6.10 Å². The normalized spacial score (nSPS) is 32.1. The molecule has 2 saturated heterocycles. The Hall–Kier alpha value is -0.590. The van der Waals surface area contributed by atoms with Crippen molar-refractivity contribution < 1.29 is 9.26 Å². The van der Waals surface area contributed by atoms with Crippen molar-refractivity contribution >= 4 is 11.8 Å². The third kappa shape index (κ3) is 2.41. The van der Waals surface area contributed by atoms with Crippen LogP contribution in [0.4, 0.5) is 0 Å². The summed E-state index contributed by atoms with van der Waals surface area (Å²) in [5.74, 6) is 3.96. The highest BCUT2D eigenvalue weighted by Crippen LogP contribution is 2.37. The summed E-state index contributed by atoms with van der Waals surface area (Å²) in [6, 6.07) is 0. The Balaban J connectivity index is 1.83. The zero-order valence-corrected chi connectivity index (χ0v) is 12.3. The van der Waals surface area contributed by atoms with Gasteiger partial charge in [0.2, 0.25) is 11.7 Å². The van der Waals surface area contributed by atoms with Gasteiger partial charge in [0.05, 0.1) is 12.0 Å². The van der Waals surface area contributed by atoms with Crippen molar-refractivity contribution in [2.45, 2.75) is 31.8 Å². The van der Waals surface area contributed by atoms with E-state index in [0.29, 0.717) is 11.7 Å². The number of hydrogen-bond acceptors (Lipinski definition) is 6. The lowest BCUT2D eigenvalue weighted by Crippen LogP contribution is -2.35. The van der Waals surface area contributed by atoms with Gasteiger partial charge in [0.15, 0.2) is 0 Å². The van der Waals surface area contributed by atoms with Crippen LogP contribution in [0.1, 0.15) is 38.1 Å². The Morgan fingerprint density at radius 2 is 2.37 bits per heavy atom. The van der Waals surface area contributed by atoms with Crippen LogP contribution >= 0.6 is 11.8 Å². The van der Waals surface area contributed by atoms with Gasteiger partial charge in [-0.15, -0.1) is 0 Å². The highest BCUT2D eigenvalue weighted by molar-refractivity contribution is 7.99. The fraction of sp³-hybridized carbons (Fsp3) is 0.846. The first-order chi connectivity index (χ1) is 9.22. The summed E-state index contributed by atoms with van der Waals surface area (Å²) < 4.78 is 11.3. The minimum atomic E-state index is -0.00689. The molecule has 1 aromatic heterocycles. The van der Waals surface area contributed by atoms with Crippen molar-refractivity contribution in [2.24, 2.45) is 5.92 Å². The monoisotopic (exact) mass is 283 g/mol. The van der Waals surface area contributed by atoms with Crippen LogP contribution in [0.2, 0.25) is 0 Å². The summed E-state index contributed by atoms with van der Waals surface area (Å²) >= 11 is 1.89. The van der Waals surface area contributed by atoms with Crippen LogP contribution < -0.4 is 5.32 Å². The first-order valence-electron chi connectivity index (χ1n) is 6.96. The van der Waals surface area contributed by atoms with Crippen LogP contribution in [-0.4, -0.2) is 41.3 Å². The third-order valence-corrected chi connectivity index (χ3v) is 5.26. The van der Waals surface area contributed by atoms with Crippen molar-refractivity contribution in [2.75, 3.05) is 31.2 Å². The van der Waals surface area contributed by atoms with Gasteiger partial charge in [0, 0.05) is 18.1 Å². The molecule has 1 N–H and O–H groups in total. The highest BCUT2D eigenvalue weighted by Gasteiger charge is 2.44. The molecule has 19 heavy (non-hydrogen) atoms. The van der Waals surface area contributed by atoms with Gasteiger partial charge in [-0.3, -0.25) is 0 Å². The molecule has 0 radical (unpaired) electrons. The quantitative estimate of drug-likeness (QED) is 0.912. The standard InChI is InChI=1S/C13H21N3O2S/c1-9(2)13(3-4-14-8-13)12-15-11(16-18-12)10-7-19-6-5-17-10/h9-10,14H,3-8H2,1-2H3. The maximum Gasteiger partial charge on any atom is 0.234 e. The summed E-state index contributed by atoms with van der Waals surface area (Å²) in [5.41, 5.74) is -0.00689. The third-order valence-electron chi connectivity index (χ3n) is 4.27. The molecule has 2 atom stereocenters. The summed E-state index contributed by atoms with van der Waals surface area (Å²) in [5, 5.41) is 7.58. The Morgan fingerprint density at radius 3 is 3.00 bits per heavy atom. The molecule has 2 aliphatic rings. The first kappa shape index (κ1) is 13.4. The van der Waals surface area contributed by atoms with Crippen molar-refractivity contribution in [3.63, 3.8) is 0 Å². The van der Waals surface area contributed by atoms with E-state index < -0.39 is 0 Å². The number of thioether (sulfide) groups is 1. The Bertz CT molecular complexity index is 423. The predicted molar refractivity (Wildman–Crippen MR) is 74.3 cm³/mol. The summed E-state index contributed by atoms with van der Waals surface area (Å²) in [6.45, 7) is 7.17. The largest absolute Gasteiger partial charge is 0.368 e. The number of nitrogens with zero attached hydrogens (tertiary/aromatic N) is 2. The molecule has 3 heterocycles. The van der Waals surface area contributed by atoms with E-state index in [4.69, 9.17) is 9.26 Å². The van der Waals surface area contributed by atoms with E-state index in [1.807, 2.05) is 11.8 Å². The number of nitrogens with one attached hydrogen (secondary N) is 1. The lowest BCUT2D eigenvalue weighted by atomic mass is 9.76. The summed E-state index contributed by atoms with van der Waals surface area (Å²) in [4.78, 5) is 4.65. The first-order valence-corrected chi connectivity index (χ1v) is 8.12. The van der Waals surface area contributed by atoms with Crippen LogP contribution in [0.3, 0.4) is 0 Å². The molecule has 0 saturated carbocycles. The topological polar surface area (TPSA) is 60.2 Å². The van der Waals surface area contributed by atoms with E-state index >= 15 is 0 Å². The molecule has 2 aliphatic heterocycles. The van der Waals surface area contributed by atoms with E-state index in [9.17, 15) is 0 Å². The van der Waals surface area contributed by atoms with Gasteiger partial charge in [-0.2, -0.15) is 16.7 Å². The molecule has 3 rings (SSSR count). The predicted octanol–water partition coefficient (Wildman–Crippen LogP) is 1.76. The fourth-order valence-electron chi connectivity index (χ4n) is 2.84. The van der Waals surface area contributed by atoms with E-state index in [0.717, 1.165) is 43.5 Å². The second-order valence-corrected chi connectivity index (χ2v) is 6.78. The van der Waals surface area contributed by atoms with E-state index in [2.05, 4.69) is 29.3 Å². The summed E-state index contributed by atoms with van der Waals surface area (Å²) in [6.07, 6.45) is 1.06. The van der Waals surface area contributed by atoms with Crippen molar-refractivity contribution in [1.29, 1.82) is 0 Å². The van der Waals surface area contributed by atoms with E-state index in [-0.39, 0.29) is 11.5 Å². The smallest absolute Gasteiger partial charge is 0.234 e. The number of ether oxygens (including phenoxy) is 1. The Labute approximate surface area is 117 Å². The maximum absolute atomic E-state index is 5.71. The Morgan fingerprint density at radius 1 is 1.47 bits per heavy atom. The van der Waals surface area contributed by atoms with Gasteiger partial charge in [-0.25, -0.2) is 0 Å². The van der Waals surface area contributed by atoms with Crippen LogP contribution in [0.15, 0.2) is 4.52 Å². The highest BCUT2D eigenvalue weighted by atomic mass is 32.2. The molecular formula is C13H21N3O2S. The second kappa shape index (κ2) is 5.42. The molecule has 2 fully saturated rings. The molecule has 0 amide bonds. The molecule has 1 aromatic rings. The summed E-state index contributed by atoms with van der Waals surface area (Å²) in [7, 11) is 0. The van der Waals surface area contributed by atoms with Crippen molar-refractivity contribution in [1.82, 2.24) is 15.5 Å². The van der Waals surface area contributed by atoms with Gasteiger partial charge < -0.3 is 14.6 Å². The average molecular weight is 283 g/mol. The van der Waals surface area contributed by atoms with Crippen molar-refractivity contribution in [3.05, 3.63) is 11.7 Å². The maximum atomic E-state index is 5.71. The van der Waals surface area contributed by atoms with Crippen LogP contribution in [0.25, 0.3) is 0 Å². The minimum absolute atomic E-state index is 0.00479. The molecule has 0 bridgehead atoms. The zero-order valence-electron chi connectivity index (χ0n) is 11.5. The molecule has 2 unspecified atom stereocenters. The molecule has 0 aliphatic carbocycles. The van der Waals surface area contributed by atoms with Crippen LogP contribution in [-0.2, 0) is 10.2 Å². The zero-order chi connectivity index (χ0) is 13.3. The lowest BCUT2D eigenvalue weighted by molar-refractivity contribution is 0.0677. The fourth-order valence-corrected chi connectivity index (χ4v) is 3.68. The van der Waals surface area contributed by atoms with Crippen LogP contribution in [0, 0.1) is 5.92 Å². The van der Waals surface area contributed by atoms with Gasteiger partial charge in [-0.1, -0.05) is 19.0 Å². The SMILES string of the molecule is CC(C)C1(c2nc(C3CSCCO3)no2)CCNC1. The van der Waals surface area contributed by atoms with Gasteiger partial charge in [-0.05, 0) is 18.9 Å². The number of rotatable bonds is 3. The van der Waals surface area contributed by atoms with Gasteiger partial charge >= 0.3 is 0 Å². The molecule has 5 nitrogen and oxygen atoms in total. The van der Waals surface area contributed by atoms with Crippen LogP contribution in [0.5, 0.6) is 0 Å². The Kier molecular flexibility index (Phi) is 3.82. The molecule has 0 spiro atoms. The molecular weight excluding hydrogens is 262 g/mol. The average Bonchev–Trinajstić information content (AvgIpc) is 3.09. The number of aromatic nitrogens is 2.